The molecule has 3 saturated heterocycles. The molecule has 0 aliphatic carbocycles. The van der Waals surface area contributed by atoms with Crippen LogP contribution in [0.15, 0.2) is 129 Å². The lowest BCUT2D eigenvalue weighted by Crippen LogP contribution is -2.35. The number of phosphoric ester groups is 1. The van der Waals surface area contributed by atoms with Gasteiger partial charge < -0.3 is 28.4 Å². The Balaban J connectivity index is 0.720. The molecule has 35 heteroatoms. The van der Waals surface area contributed by atoms with Crippen molar-refractivity contribution in [2.75, 3.05) is 91.0 Å². The van der Waals surface area contributed by atoms with Crippen LogP contribution in [0.5, 0.6) is 0 Å². The van der Waals surface area contributed by atoms with E-state index in [0.717, 1.165) is 57.8 Å². The van der Waals surface area contributed by atoms with Crippen LogP contribution >= 0.6 is 7.82 Å². The number of likely N-dealkylation sites (tertiary alicyclic amines) is 3. The number of phosphoric acid groups is 1. The molecular weight excluding hydrogens is 1320 g/mol. The molecule has 9 amide bonds. The Morgan fingerprint density at radius 1 is 0.396 bits per heavy atom. The van der Waals surface area contributed by atoms with E-state index >= 15 is 4.57 Å². The third kappa shape index (κ3) is 17.9. The summed E-state index contributed by atoms with van der Waals surface area (Å²) in [5.74, 6) is 1.39. The molecule has 0 unspecified atom stereocenters. The number of amides is 9. The van der Waals surface area contributed by atoms with Gasteiger partial charge in [-0.1, -0.05) is 18.2 Å². The number of piperidine rings is 3. The quantitative estimate of drug-likeness (QED) is 0.0306. The maximum atomic E-state index is 15.3. The predicted molar refractivity (Wildman–Crippen MR) is 369 cm³/mol. The Morgan fingerprint density at radius 2 is 0.673 bits per heavy atom. The van der Waals surface area contributed by atoms with E-state index < -0.39 is 44.0 Å². The van der Waals surface area contributed by atoms with Gasteiger partial charge in [-0.05, 0) is 151 Å². The topological polar surface area (TPSA) is 399 Å². The molecule has 101 heavy (non-hydrogen) atoms. The Kier molecular flexibility index (Phi) is 22.4. The van der Waals surface area contributed by atoms with Crippen molar-refractivity contribution in [3.05, 3.63) is 145 Å². The largest absolute Gasteiger partial charge is 0.475 e. The van der Waals surface area contributed by atoms with E-state index in [1.165, 1.54) is 55.8 Å². The maximum absolute atomic E-state index is 15.3. The molecule has 0 spiro atoms. The summed E-state index contributed by atoms with van der Waals surface area (Å²) in [4.78, 5) is 112. The molecule has 12 heterocycles. The van der Waals surface area contributed by atoms with Crippen molar-refractivity contribution in [1.82, 2.24) is 88.9 Å². The first kappa shape index (κ1) is 69.5. The van der Waals surface area contributed by atoms with Crippen LogP contribution in [0.1, 0.15) is 128 Å². The molecule has 6 N–H and O–H groups in total. The molecule has 12 rings (SSSR count). The second-order valence-corrected chi connectivity index (χ2v) is 26.0. The molecule has 3 atom stereocenters. The molecule has 3 fully saturated rings. The summed E-state index contributed by atoms with van der Waals surface area (Å²) in [5.41, 5.74) is 2.15. The van der Waals surface area contributed by atoms with E-state index in [1.807, 2.05) is 0 Å². The van der Waals surface area contributed by atoms with Crippen molar-refractivity contribution in [2.24, 2.45) is 0 Å². The lowest BCUT2D eigenvalue weighted by atomic mass is 10.1. The van der Waals surface area contributed by atoms with Gasteiger partial charge in [-0.25, -0.2) is 48.9 Å². The first-order valence-electron chi connectivity index (χ1n) is 33.2. The van der Waals surface area contributed by atoms with Gasteiger partial charge in [0.25, 0.3) is 17.7 Å². The zero-order valence-electron chi connectivity index (χ0n) is 55.7. The Bertz CT molecular complexity index is 4030. The minimum absolute atomic E-state index is 0.132. The summed E-state index contributed by atoms with van der Waals surface area (Å²) in [6.07, 6.45) is 17.5. The molecule has 3 aliphatic rings. The normalized spacial score (nSPS) is 15.0. The Hall–Kier alpha value is -11.4. The lowest BCUT2D eigenvalue weighted by molar-refractivity contribution is 0.0717. The number of urea groups is 3. The maximum Gasteiger partial charge on any atom is 0.475 e. The highest BCUT2D eigenvalue weighted by Gasteiger charge is 2.33. The standard InChI is InChI=1S/C66H75N24O10P/c1-43(88-40-70-82-58(88)49-16-13-19-52(73-49)76-64(94)79-55-34-46(22-25-67-55)61(91)85-28-7-4-8-29-85)37-98-101(97,99-38-44(2)89-41-71-83-59(89)50-17-14-20-53(74-50)77-65(95)80-56-35-47(23-26-68-56)62(92)86-30-9-5-10-31-86)100-39-45(3)90-42-72-84-60(90)51-18-15-21-54(75-51)78-66(96)81-57-36-48(24-27-69-57)63(93)87-32-11-6-12-33-87/h13-27,34-36,40-45H,4-12,28-33,37-39H2,1-3H3,(H2,67,73,76,79,94)(H2,68,74,77,80,95)(H2,69,75,78,81,96)/t43-,44-,45-/m1/s1. The average Bonchev–Trinajstić information content (AvgIpc) is 1.79. The molecule has 34 nitrogen and oxygen atoms in total. The number of rotatable bonds is 24. The highest BCUT2D eigenvalue weighted by atomic mass is 31.2. The summed E-state index contributed by atoms with van der Waals surface area (Å²) in [7, 11) is -4.61. The summed E-state index contributed by atoms with van der Waals surface area (Å²) in [5, 5.41) is 41.7. The van der Waals surface area contributed by atoms with Crippen molar-refractivity contribution < 1.29 is 46.9 Å². The number of pyridine rings is 6. The Labute approximate surface area is 579 Å². The van der Waals surface area contributed by atoms with Gasteiger partial charge in [0.15, 0.2) is 17.5 Å². The number of aromatic nitrogens is 15. The first-order chi connectivity index (χ1) is 49.1. The van der Waals surface area contributed by atoms with Gasteiger partial charge in [0.05, 0.1) is 37.9 Å². The second kappa shape index (κ2) is 32.5. The van der Waals surface area contributed by atoms with Crippen LogP contribution < -0.4 is 31.9 Å². The van der Waals surface area contributed by atoms with E-state index in [0.29, 0.717) is 73.0 Å². The zero-order chi connectivity index (χ0) is 70.2. The van der Waals surface area contributed by atoms with E-state index in [1.54, 1.807) is 122 Å². The SMILES string of the molecule is C[C@H](COP(=O)(OC[C@@H](C)n1cnnc1-c1cccc(NC(=O)Nc2cc(C(=O)N3CCCCC3)ccn2)n1)OC[C@@H](C)n1cnnc1-c1cccc(NC(=O)Nc2cc(C(=O)N3CCCCC3)ccn2)n1)n1cnnc1-c1cccc(NC(=O)Nc2cc(C(=O)N3CCCCC3)ccn2)n1. The number of carbonyl (C=O) groups excluding carboxylic acids is 6. The van der Waals surface area contributed by atoms with Gasteiger partial charge in [0.2, 0.25) is 0 Å². The van der Waals surface area contributed by atoms with Crippen molar-refractivity contribution >= 4 is 78.5 Å². The third-order valence-electron chi connectivity index (χ3n) is 16.9. The highest BCUT2D eigenvalue weighted by Crippen LogP contribution is 2.51. The van der Waals surface area contributed by atoms with E-state index in [2.05, 4.69) is 92.4 Å². The number of carbonyl (C=O) groups is 6. The van der Waals surface area contributed by atoms with Gasteiger partial charge >= 0.3 is 25.9 Å². The number of nitrogens with one attached hydrogen (secondary N) is 6. The van der Waals surface area contributed by atoms with Crippen molar-refractivity contribution in [2.45, 2.75) is 96.7 Å². The monoisotopic (exact) mass is 1390 g/mol. The van der Waals surface area contributed by atoms with E-state index in [-0.39, 0.29) is 89.9 Å². The van der Waals surface area contributed by atoms with Crippen LogP contribution in [0, 0.1) is 0 Å². The van der Waals surface area contributed by atoms with Gasteiger partial charge in [0, 0.05) is 74.5 Å². The van der Waals surface area contributed by atoms with E-state index in [9.17, 15) is 28.8 Å². The summed E-state index contributed by atoms with van der Waals surface area (Å²) in [6, 6.07) is 20.2. The number of nitrogens with zero attached hydrogens (tertiary/aromatic N) is 18. The predicted octanol–water partition coefficient (Wildman–Crippen LogP) is 9.88. The van der Waals surface area contributed by atoms with Crippen LogP contribution in [-0.2, 0) is 18.1 Å². The fraction of sp³-hybridized carbons (Fsp3) is 0.364. The van der Waals surface area contributed by atoms with Crippen molar-refractivity contribution in [3.8, 4) is 34.6 Å². The molecule has 0 radical (unpaired) electrons. The van der Waals surface area contributed by atoms with Gasteiger partial charge in [0.1, 0.15) is 71.0 Å². The molecular formula is C66H75N24O10P. The average molecular weight is 1400 g/mol. The van der Waals surface area contributed by atoms with Crippen LogP contribution in [0.2, 0.25) is 0 Å². The Morgan fingerprint density at radius 3 is 0.960 bits per heavy atom. The molecule has 9 aromatic rings. The fourth-order valence-corrected chi connectivity index (χ4v) is 13.0. The summed E-state index contributed by atoms with van der Waals surface area (Å²) in [6.45, 7) is 8.43. The number of hydrogen-bond donors (Lipinski definition) is 6. The molecule has 0 saturated carbocycles. The van der Waals surface area contributed by atoms with Crippen LogP contribution in [0.4, 0.5) is 49.3 Å². The van der Waals surface area contributed by atoms with Gasteiger partial charge in [-0.2, -0.15) is 0 Å². The van der Waals surface area contributed by atoms with Crippen LogP contribution in [-0.4, -0.2) is 184 Å². The zero-order valence-corrected chi connectivity index (χ0v) is 56.6. The first-order valence-corrected chi connectivity index (χ1v) is 34.7. The summed E-state index contributed by atoms with van der Waals surface area (Å²) >= 11 is 0. The third-order valence-corrected chi connectivity index (χ3v) is 18.3. The molecule has 3 aliphatic heterocycles. The minimum Gasteiger partial charge on any atom is -0.339 e. The van der Waals surface area contributed by atoms with Gasteiger partial charge in [-0.3, -0.25) is 59.9 Å². The number of anilines is 6. The van der Waals surface area contributed by atoms with Crippen molar-refractivity contribution in [1.29, 1.82) is 0 Å². The fourth-order valence-electron chi connectivity index (χ4n) is 11.6. The van der Waals surface area contributed by atoms with Crippen LogP contribution in [0.3, 0.4) is 0 Å². The molecule has 9 aromatic heterocycles. The minimum atomic E-state index is -4.61. The van der Waals surface area contributed by atoms with Crippen molar-refractivity contribution in [3.63, 3.8) is 0 Å². The van der Waals surface area contributed by atoms with Crippen LogP contribution in [0.25, 0.3) is 34.6 Å². The summed E-state index contributed by atoms with van der Waals surface area (Å²) < 4.78 is 38.9. The molecule has 0 aromatic carbocycles. The van der Waals surface area contributed by atoms with E-state index in [4.69, 9.17) is 13.6 Å². The molecule has 524 valence electrons. The van der Waals surface area contributed by atoms with Gasteiger partial charge in [-0.15, -0.1) is 30.6 Å². The smallest absolute Gasteiger partial charge is 0.339 e. The lowest BCUT2D eigenvalue weighted by Gasteiger charge is -2.26. The number of hydrogen-bond acceptors (Lipinski definition) is 22. The molecule has 0 bridgehead atoms. The highest BCUT2D eigenvalue weighted by molar-refractivity contribution is 7.48. The second-order valence-electron chi connectivity index (χ2n) is 24.4.